The number of aryl methyl sites for hydroxylation is 1. The van der Waals surface area contributed by atoms with Crippen LogP contribution < -0.4 is 5.32 Å². The molecular formula is C13H22Cl2N2S. The Balaban J connectivity index is 0.000000810. The van der Waals surface area contributed by atoms with E-state index in [9.17, 15) is 0 Å². The molecule has 1 aromatic heterocycles. The molecule has 1 N–H and O–H groups in total. The zero-order chi connectivity index (χ0) is 11.0. The zero-order valence-corrected chi connectivity index (χ0v) is 13.2. The molecule has 1 atom stereocenters. The Bertz CT molecular complexity index is 360. The van der Waals surface area contributed by atoms with Crippen LogP contribution in [0.4, 0.5) is 0 Å². The van der Waals surface area contributed by atoms with Crippen LogP contribution in [0.2, 0.25) is 0 Å². The van der Waals surface area contributed by atoms with Crippen LogP contribution in [0.3, 0.4) is 0 Å². The smallest absolute Gasteiger partial charge is 0.0473 e. The third-order valence-electron chi connectivity index (χ3n) is 3.78. The van der Waals surface area contributed by atoms with Crippen molar-refractivity contribution in [3.8, 4) is 0 Å². The monoisotopic (exact) mass is 308 g/mol. The molecule has 2 aliphatic rings. The number of hydrogen-bond donors (Lipinski definition) is 1. The molecule has 104 valence electrons. The van der Waals surface area contributed by atoms with Crippen LogP contribution in [0.25, 0.3) is 0 Å². The maximum absolute atomic E-state index is 3.45. The van der Waals surface area contributed by atoms with Gasteiger partial charge in [0.2, 0.25) is 0 Å². The standard InChI is InChI=1S/C13H20N2S.2ClH/c1-10-4-9-16-13(10)12(11-2-3-11)15-7-5-14-6-8-15;;/h4,9,11-12,14H,2-3,5-8H2,1H3;2*1H/t12-;;/m1../s1. The first-order valence-corrected chi connectivity index (χ1v) is 7.23. The molecule has 0 unspecified atom stereocenters. The Labute approximate surface area is 126 Å². The topological polar surface area (TPSA) is 15.3 Å². The maximum Gasteiger partial charge on any atom is 0.0473 e. The molecule has 1 aliphatic heterocycles. The Morgan fingerprint density at radius 1 is 1.28 bits per heavy atom. The maximum atomic E-state index is 3.45. The number of halogens is 2. The van der Waals surface area contributed by atoms with Crippen LogP contribution in [-0.4, -0.2) is 31.1 Å². The molecule has 0 bridgehead atoms. The van der Waals surface area contributed by atoms with Crippen LogP contribution in [0, 0.1) is 12.8 Å². The van der Waals surface area contributed by atoms with E-state index in [-0.39, 0.29) is 24.8 Å². The molecule has 0 aromatic carbocycles. The highest BCUT2D eigenvalue weighted by Crippen LogP contribution is 2.46. The van der Waals surface area contributed by atoms with E-state index < -0.39 is 0 Å². The van der Waals surface area contributed by atoms with Gasteiger partial charge in [-0.15, -0.1) is 36.2 Å². The molecule has 0 amide bonds. The first kappa shape index (κ1) is 16.3. The van der Waals surface area contributed by atoms with E-state index in [0.717, 1.165) is 25.0 Å². The van der Waals surface area contributed by atoms with Crippen molar-refractivity contribution in [1.82, 2.24) is 10.2 Å². The van der Waals surface area contributed by atoms with Crippen LogP contribution in [0.15, 0.2) is 11.4 Å². The minimum Gasteiger partial charge on any atom is -0.314 e. The SMILES string of the molecule is Cc1ccsc1[C@@H](C1CC1)N1CCNCC1.Cl.Cl. The molecule has 3 rings (SSSR count). The second kappa shape index (κ2) is 7.11. The minimum absolute atomic E-state index is 0. The molecule has 5 heteroatoms. The molecule has 0 radical (unpaired) electrons. The summed E-state index contributed by atoms with van der Waals surface area (Å²) in [5.74, 6) is 0.940. The summed E-state index contributed by atoms with van der Waals surface area (Å²) in [6.45, 7) is 7.03. The van der Waals surface area contributed by atoms with Gasteiger partial charge in [0, 0.05) is 37.1 Å². The Kier molecular flexibility index (Phi) is 6.42. The van der Waals surface area contributed by atoms with Crippen molar-refractivity contribution in [2.75, 3.05) is 26.2 Å². The molecule has 0 spiro atoms. The van der Waals surface area contributed by atoms with E-state index in [1.165, 1.54) is 31.5 Å². The Morgan fingerprint density at radius 3 is 2.44 bits per heavy atom. The molecular weight excluding hydrogens is 287 g/mol. The fraction of sp³-hybridized carbons (Fsp3) is 0.692. The fourth-order valence-corrected chi connectivity index (χ4v) is 3.89. The van der Waals surface area contributed by atoms with Crippen molar-refractivity contribution in [1.29, 1.82) is 0 Å². The quantitative estimate of drug-likeness (QED) is 0.922. The molecule has 1 saturated carbocycles. The highest BCUT2D eigenvalue weighted by atomic mass is 35.5. The van der Waals surface area contributed by atoms with Crippen LogP contribution in [0.1, 0.15) is 29.3 Å². The van der Waals surface area contributed by atoms with Crippen molar-refractivity contribution >= 4 is 36.2 Å². The first-order valence-electron chi connectivity index (χ1n) is 6.35. The van der Waals surface area contributed by atoms with Crippen molar-refractivity contribution < 1.29 is 0 Å². The predicted molar refractivity (Wildman–Crippen MR) is 83.5 cm³/mol. The molecule has 1 aromatic rings. The lowest BCUT2D eigenvalue weighted by Gasteiger charge is -2.35. The van der Waals surface area contributed by atoms with Crippen molar-refractivity contribution in [2.45, 2.75) is 25.8 Å². The third kappa shape index (κ3) is 3.40. The van der Waals surface area contributed by atoms with Crippen LogP contribution in [0.5, 0.6) is 0 Å². The third-order valence-corrected chi connectivity index (χ3v) is 4.87. The predicted octanol–water partition coefficient (Wildman–Crippen LogP) is 3.26. The number of thiophene rings is 1. The lowest BCUT2D eigenvalue weighted by atomic mass is 10.0. The summed E-state index contributed by atoms with van der Waals surface area (Å²) in [5.41, 5.74) is 1.50. The van der Waals surface area contributed by atoms with Crippen molar-refractivity contribution in [2.24, 2.45) is 5.92 Å². The van der Waals surface area contributed by atoms with Crippen molar-refractivity contribution in [3.05, 3.63) is 21.9 Å². The van der Waals surface area contributed by atoms with Crippen LogP contribution >= 0.6 is 36.2 Å². The first-order chi connectivity index (χ1) is 7.86. The summed E-state index contributed by atoms with van der Waals surface area (Å²) in [7, 11) is 0. The molecule has 18 heavy (non-hydrogen) atoms. The van der Waals surface area contributed by atoms with Gasteiger partial charge in [0.25, 0.3) is 0 Å². The summed E-state index contributed by atoms with van der Waals surface area (Å²) in [5, 5.41) is 5.70. The molecule has 2 fully saturated rings. The highest BCUT2D eigenvalue weighted by Gasteiger charge is 2.37. The summed E-state index contributed by atoms with van der Waals surface area (Å²) in [6, 6.07) is 3.00. The van der Waals surface area contributed by atoms with E-state index in [1.807, 2.05) is 11.3 Å². The van der Waals surface area contributed by atoms with E-state index in [2.05, 4.69) is 28.6 Å². The molecule has 2 heterocycles. The number of rotatable bonds is 3. The van der Waals surface area contributed by atoms with Gasteiger partial charge in [-0.3, -0.25) is 4.90 Å². The average molecular weight is 309 g/mol. The summed E-state index contributed by atoms with van der Waals surface area (Å²) in [6.07, 6.45) is 2.87. The largest absolute Gasteiger partial charge is 0.314 e. The van der Waals surface area contributed by atoms with Crippen molar-refractivity contribution in [3.63, 3.8) is 0 Å². The van der Waals surface area contributed by atoms with E-state index >= 15 is 0 Å². The summed E-state index contributed by atoms with van der Waals surface area (Å²) in [4.78, 5) is 4.33. The number of nitrogens with one attached hydrogen (secondary N) is 1. The van der Waals surface area contributed by atoms with E-state index in [1.54, 1.807) is 4.88 Å². The van der Waals surface area contributed by atoms with E-state index in [4.69, 9.17) is 0 Å². The minimum atomic E-state index is 0. The number of hydrogen-bond acceptors (Lipinski definition) is 3. The zero-order valence-electron chi connectivity index (χ0n) is 10.7. The van der Waals surface area contributed by atoms with Gasteiger partial charge < -0.3 is 5.32 Å². The second-order valence-corrected chi connectivity index (χ2v) is 5.98. The molecule has 1 saturated heterocycles. The van der Waals surface area contributed by atoms with Gasteiger partial charge in [-0.25, -0.2) is 0 Å². The normalized spacial score (nSPS) is 21.8. The fourth-order valence-electron chi connectivity index (χ4n) is 2.74. The highest BCUT2D eigenvalue weighted by molar-refractivity contribution is 7.10. The number of nitrogens with zero attached hydrogens (tertiary/aromatic N) is 1. The molecule has 1 aliphatic carbocycles. The van der Waals surface area contributed by atoms with Gasteiger partial charge in [0.15, 0.2) is 0 Å². The van der Waals surface area contributed by atoms with Gasteiger partial charge in [-0.1, -0.05) is 0 Å². The molecule has 2 nitrogen and oxygen atoms in total. The van der Waals surface area contributed by atoms with Gasteiger partial charge in [0.1, 0.15) is 0 Å². The summed E-state index contributed by atoms with van der Waals surface area (Å²) < 4.78 is 0. The lowest BCUT2D eigenvalue weighted by molar-refractivity contribution is 0.158. The van der Waals surface area contributed by atoms with Gasteiger partial charge in [0.05, 0.1) is 0 Å². The van der Waals surface area contributed by atoms with Gasteiger partial charge in [-0.2, -0.15) is 0 Å². The second-order valence-electron chi connectivity index (χ2n) is 5.04. The van der Waals surface area contributed by atoms with Gasteiger partial charge in [-0.05, 0) is 42.7 Å². The number of piperazine rings is 1. The van der Waals surface area contributed by atoms with Crippen LogP contribution in [-0.2, 0) is 0 Å². The van der Waals surface area contributed by atoms with E-state index in [0.29, 0.717) is 0 Å². The average Bonchev–Trinajstić information content (AvgIpc) is 3.05. The summed E-state index contributed by atoms with van der Waals surface area (Å²) >= 11 is 1.96. The lowest BCUT2D eigenvalue weighted by Crippen LogP contribution is -2.45. The Morgan fingerprint density at radius 2 is 1.94 bits per heavy atom. The van der Waals surface area contributed by atoms with Gasteiger partial charge >= 0.3 is 0 Å². The Hall–Kier alpha value is 0.200.